The summed E-state index contributed by atoms with van der Waals surface area (Å²) in [5.41, 5.74) is 1.14. The van der Waals surface area contributed by atoms with Gasteiger partial charge < -0.3 is 0 Å². The van der Waals surface area contributed by atoms with Gasteiger partial charge in [0.15, 0.2) is 4.34 Å². The van der Waals surface area contributed by atoms with Gasteiger partial charge in [0.05, 0.1) is 9.75 Å². The molecule has 1 nitrogen and oxygen atoms in total. The van der Waals surface area contributed by atoms with Gasteiger partial charge in [0.2, 0.25) is 0 Å². The molecule has 0 aromatic carbocycles. The van der Waals surface area contributed by atoms with Crippen molar-refractivity contribution >= 4 is 45.8 Å². The van der Waals surface area contributed by atoms with Crippen LogP contribution in [0.4, 0.5) is 0 Å². The fraction of sp³-hybridized carbons (Fsp3) is 0.0833. The summed E-state index contributed by atoms with van der Waals surface area (Å²) >= 11 is 7.03. The minimum atomic E-state index is 1.14. The lowest BCUT2D eigenvalue weighted by Gasteiger charge is -1.95. The maximum absolute atomic E-state index is 4.73. The summed E-state index contributed by atoms with van der Waals surface area (Å²) < 4.78 is 1.14. The van der Waals surface area contributed by atoms with E-state index in [0.29, 0.717) is 0 Å². The van der Waals surface area contributed by atoms with Crippen LogP contribution in [0.2, 0.25) is 0 Å². The molecule has 0 saturated carbocycles. The Bertz CT molecular complexity index is 541. The van der Waals surface area contributed by atoms with E-state index in [9.17, 15) is 0 Å². The van der Waals surface area contributed by atoms with Crippen molar-refractivity contribution in [2.75, 3.05) is 6.26 Å². The van der Waals surface area contributed by atoms with Crippen molar-refractivity contribution < 1.29 is 0 Å². The van der Waals surface area contributed by atoms with E-state index in [-0.39, 0.29) is 0 Å². The first kappa shape index (κ1) is 11.5. The molecule has 3 rings (SSSR count). The molecule has 0 N–H and O–H groups in total. The van der Waals surface area contributed by atoms with Crippen LogP contribution in [0.3, 0.4) is 0 Å². The molecule has 3 heterocycles. The molecule has 3 aromatic heterocycles. The number of nitrogens with zero attached hydrogens (tertiary/aromatic N) is 1. The van der Waals surface area contributed by atoms with Gasteiger partial charge in [0, 0.05) is 4.88 Å². The molecular weight excluding hydrogens is 286 g/mol. The van der Waals surface area contributed by atoms with Crippen LogP contribution < -0.4 is 0 Å². The molecule has 0 atom stereocenters. The Morgan fingerprint density at radius 1 is 1.06 bits per heavy atom. The highest BCUT2D eigenvalue weighted by molar-refractivity contribution is 8.00. The standard InChI is InChI=1S/C12H9NS4/c1-14-12-13-10(8-4-2-6-15-8)11(17-12)9-5-3-7-16-9/h2-7H,1H3. The summed E-state index contributed by atoms with van der Waals surface area (Å²) in [5, 5.41) is 4.22. The Balaban J connectivity index is 2.17. The number of thiazole rings is 1. The zero-order valence-electron chi connectivity index (χ0n) is 9.04. The fourth-order valence-electron chi connectivity index (χ4n) is 1.54. The minimum Gasteiger partial charge on any atom is -0.228 e. The number of aromatic nitrogens is 1. The Morgan fingerprint density at radius 2 is 1.76 bits per heavy atom. The van der Waals surface area contributed by atoms with Gasteiger partial charge in [-0.05, 0) is 29.1 Å². The van der Waals surface area contributed by atoms with Gasteiger partial charge in [-0.15, -0.1) is 34.0 Å². The van der Waals surface area contributed by atoms with Crippen LogP contribution in [-0.4, -0.2) is 11.2 Å². The summed E-state index contributed by atoms with van der Waals surface area (Å²) in [6.07, 6.45) is 2.08. The van der Waals surface area contributed by atoms with Crippen molar-refractivity contribution in [3.63, 3.8) is 0 Å². The SMILES string of the molecule is CSc1nc(-c2cccs2)c(-c2cccs2)s1. The number of thiophene rings is 2. The lowest BCUT2D eigenvalue weighted by molar-refractivity contribution is 1.27. The number of hydrogen-bond acceptors (Lipinski definition) is 5. The number of hydrogen-bond donors (Lipinski definition) is 0. The third-order valence-corrected chi connectivity index (χ3v) is 6.25. The van der Waals surface area contributed by atoms with E-state index in [2.05, 4.69) is 41.3 Å². The Morgan fingerprint density at radius 3 is 2.35 bits per heavy atom. The Hall–Kier alpha value is -0.620. The lowest BCUT2D eigenvalue weighted by Crippen LogP contribution is -1.75. The van der Waals surface area contributed by atoms with E-state index in [1.807, 2.05) is 0 Å². The van der Waals surface area contributed by atoms with E-state index in [4.69, 9.17) is 4.98 Å². The van der Waals surface area contributed by atoms with Gasteiger partial charge in [0.25, 0.3) is 0 Å². The molecule has 17 heavy (non-hydrogen) atoms. The third-order valence-electron chi connectivity index (χ3n) is 2.28. The zero-order valence-corrected chi connectivity index (χ0v) is 12.3. The average Bonchev–Trinajstić information content (AvgIpc) is 3.09. The smallest absolute Gasteiger partial charge is 0.150 e. The van der Waals surface area contributed by atoms with E-state index in [1.165, 1.54) is 14.6 Å². The highest BCUT2D eigenvalue weighted by Crippen LogP contribution is 2.42. The molecular formula is C12H9NS4. The molecule has 86 valence electrons. The summed E-state index contributed by atoms with van der Waals surface area (Å²) in [7, 11) is 0. The van der Waals surface area contributed by atoms with E-state index in [1.54, 1.807) is 45.8 Å². The highest BCUT2D eigenvalue weighted by atomic mass is 32.2. The van der Waals surface area contributed by atoms with E-state index in [0.717, 1.165) is 10.0 Å². The van der Waals surface area contributed by atoms with Crippen LogP contribution in [0.15, 0.2) is 39.4 Å². The fourth-order valence-corrected chi connectivity index (χ4v) is 4.76. The molecule has 0 unspecified atom stereocenters. The van der Waals surface area contributed by atoms with Crippen LogP contribution in [-0.2, 0) is 0 Å². The third kappa shape index (κ3) is 2.20. The predicted octanol–water partition coefficient (Wildman–Crippen LogP) is 5.32. The van der Waals surface area contributed by atoms with Gasteiger partial charge in [-0.3, -0.25) is 0 Å². The van der Waals surface area contributed by atoms with Gasteiger partial charge in [-0.2, -0.15) is 0 Å². The minimum absolute atomic E-state index is 1.14. The van der Waals surface area contributed by atoms with Crippen molar-refractivity contribution in [1.82, 2.24) is 4.98 Å². The Labute approximate surface area is 116 Å². The van der Waals surface area contributed by atoms with Crippen molar-refractivity contribution in [1.29, 1.82) is 0 Å². The molecule has 0 bridgehead atoms. The molecule has 0 aliphatic rings. The van der Waals surface area contributed by atoms with Crippen molar-refractivity contribution in [2.45, 2.75) is 4.34 Å². The predicted molar refractivity (Wildman–Crippen MR) is 80.5 cm³/mol. The topological polar surface area (TPSA) is 12.9 Å². The van der Waals surface area contributed by atoms with E-state index >= 15 is 0 Å². The van der Waals surface area contributed by atoms with E-state index < -0.39 is 0 Å². The van der Waals surface area contributed by atoms with Gasteiger partial charge in [0.1, 0.15) is 5.69 Å². The monoisotopic (exact) mass is 295 g/mol. The first-order valence-electron chi connectivity index (χ1n) is 5.01. The molecule has 0 aliphatic carbocycles. The first-order valence-corrected chi connectivity index (χ1v) is 8.81. The van der Waals surface area contributed by atoms with Crippen LogP contribution >= 0.6 is 45.8 Å². The normalized spacial score (nSPS) is 10.9. The molecule has 0 fully saturated rings. The number of rotatable bonds is 3. The summed E-state index contributed by atoms with van der Waals surface area (Å²) in [6, 6.07) is 8.48. The van der Waals surface area contributed by atoms with Crippen LogP contribution in [0.25, 0.3) is 20.3 Å². The van der Waals surface area contributed by atoms with Crippen LogP contribution in [0.1, 0.15) is 0 Å². The second kappa shape index (κ2) is 4.94. The van der Waals surface area contributed by atoms with Crippen LogP contribution in [0.5, 0.6) is 0 Å². The maximum atomic E-state index is 4.73. The van der Waals surface area contributed by atoms with Crippen LogP contribution in [0, 0.1) is 0 Å². The van der Waals surface area contributed by atoms with Gasteiger partial charge >= 0.3 is 0 Å². The average molecular weight is 295 g/mol. The number of thioether (sulfide) groups is 1. The molecule has 5 heteroatoms. The molecule has 0 spiro atoms. The van der Waals surface area contributed by atoms with Crippen molar-refractivity contribution in [2.24, 2.45) is 0 Å². The maximum Gasteiger partial charge on any atom is 0.150 e. The van der Waals surface area contributed by atoms with Gasteiger partial charge in [-0.25, -0.2) is 4.98 Å². The highest BCUT2D eigenvalue weighted by Gasteiger charge is 2.15. The van der Waals surface area contributed by atoms with Crippen molar-refractivity contribution in [3.05, 3.63) is 35.0 Å². The lowest BCUT2D eigenvalue weighted by atomic mass is 10.3. The second-order valence-corrected chi connectivity index (χ2v) is 7.26. The molecule has 0 amide bonds. The molecule has 0 aliphatic heterocycles. The van der Waals surface area contributed by atoms with Crippen molar-refractivity contribution in [3.8, 4) is 20.3 Å². The summed E-state index contributed by atoms with van der Waals surface area (Å²) in [6.45, 7) is 0. The molecule has 0 radical (unpaired) electrons. The zero-order chi connectivity index (χ0) is 11.7. The quantitative estimate of drug-likeness (QED) is 0.606. The Kier molecular flexibility index (Phi) is 3.33. The van der Waals surface area contributed by atoms with Gasteiger partial charge in [-0.1, -0.05) is 23.9 Å². The molecule has 0 saturated heterocycles. The largest absolute Gasteiger partial charge is 0.228 e. The molecule has 3 aromatic rings. The summed E-state index contributed by atoms with van der Waals surface area (Å²) in [4.78, 5) is 8.59. The first-order chi connectivity index (χ1) is 8.38. The second-order valence-electron chi connectivity index (χ2n) is 3.32. The summed E-state index contributed by atoms with van der Waals surface area (Å²) in [5.74, 6) is 0.